The van der Waals surface area contributed by atoms with Gasteiger partial charge in [0.05, 0.1) is 12.7 Å². The minimum atomic E-state index is -0.208. The molecule has 6 heteroatoms. The van der Waals surface area contributed by atoms with Gasteiger partial charge in [0.1, 0.15) is 11.4 Å². The quantitative estimate of drug-likeness (QED) is 0.508. The average Bonchev–Trinajstić information content (AvgIpc) is 2.96. The van der Waals surface area contributed by atoms with Crippen LogP contribution in [-0.4, -0.2) is 61.6 Å². The molecule has 0 bridgehead atoms. The van der Waals surface area contributed by atoms with Crippen LogP contribution in [0.5, 0.6) is 5.75 Å². The molecule has 3 rings (SSSR count). The second kappa shape index (κ2) is 9.24. The van der Waals surface area contributed by atoms with Gasteiger partial charge in [-0.15, -0.1) is 0 Å². The number of carbonyl (C=O) groups is 2. The van der Waals surface area contributed by atoms with Gasteiger partial charge in [0.25, 0.3) is 11.8 Å². The van der Waals surface area contributed by atoms with Gasteiger partial charge in [-0.05, 0) is 49.8 Å². The third-order valence-electron chi connectivity index (χ3n) is 5.50. The molecule has 0 spiro atoms. The zero-order chi connectivity index (χ0) is 20.1. The molecule has 2 aliphatic heterocycles. The van der Waals surface area contributed by atoms with E-state index < -0.39 is 0 Å². The Morgan fingerprint density at radius 1 is 1.07 bits per heavy atom. The lowest BCUT2D eigenvalue weighted by molar-refractivity contribution is -0.137. The molecule has 1 aromatic carbocycles. The summed E-state index contributed by atoms with van der Waals surface area (Å²) in [5, 5.41) is 0. The standard InChI is InChI=1S/C22H30N2O4/c1-4-28-15-5-12-24-21(25)19(17-6-8-18(27-3)9-7-17)20(22(24)26)23-13-10-16(2)11-14-23/h6-9,16H,4-5,10-15H2,1-3H3. The molecule has 152 valence electrons. The minimum Gasteiger partial charge on any atom is -0.497 e. The molecule has 0 aliphatic carbocycles. The molecular weight excluding hydrogens is 356 g/mol. The number of nitrogens with zero attached hydrogens (tertiary/aromatic N) is 2. The van der Waals surface area contributed by atoms with Gasteiger partial charge in [0.2, 0.25) is 0 Å². The Morgan fingerprint density at radius 2 is 1.75 bits per heavy atom. The zero-order valence-corrected chi connectivity index (χ0v) is 17.1. The second-order valence-electron chi connectivity index (χ2n) is 7.43. The van der Waals surface area contributed by atoms with Crippen LogP contribution in [0, 0.1) is 5.92 Å². The van der Waals surface area contributed by atoms with E-state index in [-0.39, 0.29) is 11.8 Å². The molecule has 2 heterocycles. The molecule has 0 unspecified atom stereocenters. The molecule has 0 N–H and O–H groups in total. The van der Waals surface area contributed by atoms with Crippen LogP contribution >= 0.6 is 0 Å². The summed E-state index contributed by atoms with van der Waals surface area (Å²) in [5.74, 6) is 0.987. The van der Waals surface area contributed by atoms with Crippen LogP contribution in [0.3, 0.4) is 0 Å². The van der Waals surface area contributed by atoms with E-state index in [0.29, 0.717) is 43.4 Å². The normalized spacial score (nSPS) is 18.4. The van der Waals surface area contributed by atoms with Crippen molar-refractivity contribution in [2.24, 2.45) is 5.92 Å². The van der Waals surface area contributed by atoms with Gasteiger partial charge in [-0.25, -0.2) is 0 Å². The van der Waals surface area contributed by atoms with Crippen LogP contribution in [0.2, 0.25) is 0 Å². The number of benzene rings is 1. The molecular formula is C22H30N2O4. The molecule has 0 aromatic heterocycles. The molecule has 0 radical (unpaired) electrons. The van der Waals surface area contributed by atoms with Gasteiger partial charge in [0.15, 0.2) is 0 Å². The Hall–Kier alpha value is -2.34. The van der Waals surface area contributed by atoms with Crippen molar-refractivity contribution >= 4 is 17.4 Å². The summed E-state index contributed by atoms with van der Waals surface area (Å²) in [6.07, 6.45) is 2.71. The molecule has 2 aliphatic rings. The first kappa shape index (κ1) is 20.4. The van der Waals surface area contributed by atoms with E-state index in [1.54, 1.807) is 7.11 Å². The third kappa shape index (κ3) is 4.22. The van der Waals surface area contributed by atoms with Crippen LogP contribution in [-0.2, 0) is 14.3 Å². The Labute approximate surface area is 167 Å². The average molecular weight is 386 g/mol. The summed E-state index contributed by atoms with van der Waals surface area (Å²) in [6, 6.07) is 7.37. The molecule has 1 aromatic rings. The van der Waals surface area contributed by atoms with Crippen LogP contribution in [0.1, 0.15) is 38.7 Å². The molecule has 6 nitrogen and oxygen atoms in total. The smallest absolute Gasteiger partial charge is 0.277 e. The predicted octanol–water partition coefficient (Wildman–Crippen LogP) is 2.93. The Balaban J connectivity index is 1.90. The van der Waals surface area contributed by atoms with Crippen LogP contribution in [0.15, 0.2) is 30.0 Å². The summed E-state index contributed by atoms with van der Waals surface area (Å²) in [5.41, 5.74) is 1.83. The van der Waals surface area contributed by atoms with Crippen molar-refractivity contribution in [1.29, 1.82) is 0 Å². The fraction of sp³-hybridized carbons (Fsp3) is 0.545. The Kier molecular flexibility index (Phi) is 6.73. The third-order valence-corrected chi connectivity index (χ3v) is 5.50. The second-order valence-corrected chi connectivity index (χ2v) is 7.43. The van der Waals surface area contributed by atoms with Crippen molar-refractivity contribution in [3.63, 3.8) is 0 Å². The monoisotopic (exact) mass is 386 g/mol. The predicted molar refractivity (Wildman–Crippen MR) is 108 cm³/mol. The summed E-state index contributed by atoms with van der Waals surface area (Å²) in [6.45, 7) is 7.34. The molecule has 2 amide bonds. The highest BCUT2D eigenvalue weighted by atomic mass is 16.5. The number of carbonyl (C=O) groups excluding carboxylic acids is 2. The number of piperidine rings is 1. The molecule has 1 fully saturated rings. The fourth-order valence-corrected chi connectivity index (χ4v) is 3.78. The van der Waals surface area contributed by atoms with E-state index in [2.05, 4.69) is 11.8 Å². The number of imide groups is 1. The number of likely N-dealkylation sites (tertiary alicyclic amines) is 1. The van der Waals surface area contributed by atoms with Crippen LogP contribution in [0.25, 0.3) is 5.57 Å². The lowest BCUT2D eigenvalue weighted by Crippen LogP contribution is -2.39. The largest absolute Gasteiger partial charge is 0.497 e. The van der Waals surface area contributed by atoms with Crippen molar-refractivity contribution in [2.45, 2.75) is 33.1 Å². The van der Waals surface area contributed by atoms with E-state index in [0.717, 1.165) is 37.2 Å². The molecule has 28 heavy (non-hydrogen) atoms. The maximum atomic E-state index is 13.2. The van der Waals surface area contributed by atoms with Crippen LogP contribution < -0.4 is 4.74 Å². The van der Waals surface area contributed by atoms with Crippen molar-refractivity contribution in [3.8, 4) is 5.75 Å². The Bertz CT molecular complexity index is 733. The van der Waals surface area contributed by atoms with Gasteiger partial charge in [0, 0.05) is 32.8 Å². The van der Waals surface area contributed by atoms with Gasteiger partial charge >= 0.3 is 0 Å². The maximum Gasteiger partial charge on any atom is 0.277 e. The lowest BCUT2D eigenvalue weighted by Gasteiger charge is -2.32. The van der Waals surface area contributed by atoms with Crippen molar-refractivity contribution < 1.29 is 19.1 Å². The highest BCUT2D eigenvalue weighted by Crippen LogP contribution is 2.34. The number of ether oxygens (including phenoxy) is 2. The molecule has 0 saturated carbocycles. The van der Waals surface area contributed by atoms with E-state index in [9.17, 15) is 9.59 Å². The number of hydrogen-bond donors (Lipinski definition) is 0. The van der Waals surface area contributed by atoms with E-state index in [4.69, 9.17) is 9.47 Å². The maximum absolute atomic E-state index is 13.2. The van der Waals surface area contributed by atoms with E-state index in [1.807, 2.05) is 31.2 Å². The van der Waals surface area contributed by atoms with Gasteiger partial charge in [-0.3, -0.25) is 14.5 Å². The highest BCUT2D eigenvalue weighted by molar-refractivity contribution is 6.35. The number of methoxy groups -OCH3 is 1. The van der Waals surface area contributed by atoms with E-state index in [1.165, 1.54) is 4.90 Å². The lowest BCUT2D eigenvalue weighted by atomic mass is 9.97. The van der Waals surface area contributed by atoms with Crippen molar-refractivity contribution in [3.05, 3.63) is 35.5 Å². The SMILES string of the molecule is CCOCCCN1C(=O)C(c2ccc(OC)cc2)=C(N2CCC(C)CC2)C1=O. The number of hydrogen-bond acceptors (Lipinski definition) is 5. The first-order valence-electron chi connectivity index (χ1n) is 10.1. The van der Waals surface area contributed by atoms with E-state index >= 15 is 0 Å². The summed E-state index contributed by atoms with van der Waals surface area (Å²) < 4.78 is 10.6. The van der Waals surface area contributed by atoms with Gasteiger partial charge in [-0.1, -0.05) is 19.1 Å². The highest BCUT2D eigenvalue weighted by Gasteiger charge is 2.41. The van der Waals surface area contributed by atoms with Crippen LogP contribution in [0.4, 0.5) is 0 Å². The zero-order valence-electron chi connectivity index (χ0n) is 17.1. The van der Waals surface area contributed by atoms with Crippen molar-refractivity contribution in [1.82, 2.24) is 9.80 Å². The fourth-order valence-electron chi connectivity index (χ4n) is 3.78. The topological polar surface area (TPSA) is 59.1 Å². The minimum absolute atomic E-state index is 0.179. The first-order valence-corrected chi connectivity index (χ1v) is 10.1. The van der Waals surface area contributed by atoms with Gasteiger partial charge in [-0.2, -0.15) is 0 Å². The van der Waals surface area contributed by atoms with Gasteiger partial charge < -0.3 is 14.4 Å². The molecule has 1 saturated heterocycles. The first-order chi connectivity index (χ1) is 13.6. The summed E-state index contributed by atoms with van der Waals surface area (Å²) in [7, 11) is 1.61. The van der Waals surface area contributed by atoms with Crippen molar-refractivity contribution in [2.75, 3.05) is 40.0 Å². The Morgan fingerprint density at radius 3 is 2.36 bits per heavy atom. The summed E-state index contributed by atoms with van der Waals surface area (Å²) in [4.78, 5) is 29.9. The number of rotatable bonds is 8. The number of amides is 2. The summed E-state index contributed by atoms with van der Waals surface area (Å²) >= 11 is 0. The molecule has 0 atom stereocenters.